The minimum absolute atomic E-state index is 0.396. The molecule has 1 aromatic heterocycles. The van der Waals surface area contributed by atoms with Crippen molar-refractivity contribution < 1.29 is 14.7 Å². The molecule has 0 aromatic carbocycles. The van der Waals surface area contributed by atoms with E-state index in [1.54, 1.807) is 13.8 Å². The summed E-state index contributed by atoms with van der Waals surface area (Å²) in [5.41, 5.74) is 1.36. The summed E-state index contributed by atoms with van der Waals surface area (Å²) in [6, 6.07) is 4.79. The second-order valence-corrected chi connectivity index (χ2v) is 5.25. The van der Waals surface area contributed by atoms with Gasteiger partial charge in [-0.3, -0.25) is 14.7 Å². The van der Waals surface area contributed by atoms with Gasteiger partial charge in [-0.2, -0.15) is 0 Å². The van der Waals surface area contributed by atoms with Crippen molar-refractivity contribution in [3.05, 3.63) is 30.1 Å². The molecule has 0 aliphatic carbocycles. The van der Waals surface area contributed by atoms with Crippen molar-refractivity contribution in [2.24, 2.45) is 5.92 Å². The number of nitrogens with zero attached hydrogens (tertiary/aromatic N) is 2. The molecule has 2 rings (SSSR count). The number of carbonyl (C=O) groups excluding carboxylic acids is 1. The molecule has 0 amide bonds. The van der Waals surface area contributed by atoms with Crippen LogP contribution in [0.1, 0.15) is 38.3 Å². The zero-order chi connectivity index (χ0) is 15.1. The van der Waals surface area contributed by atoms with E-state index in [2.05, 4.69) is 23.0 Å². The summed E-state index contributed by atoms with van der Waals surface area (Å²) in [5, 5.41) is 8.00. The van der Waals surface area contributed by atoms with E-state index in [9.17, 15) is 9.59 Å². The fraction of sp³-hybridized carbons (Fsp3) is 0.533. The third kappa shape index (κ3) is 4.74. The summed E-state index contributed by atoms with van der Waals surface area (Å²) in [4.78, 5) is 26.6. The molecule has 0 bridgehead atoms. The molecule has 0 unspecified atom stereocenters. The van der Waals surface area contributed by atoms with E-state index in [1.165, 1.54) is 24.9 Å². The first-order valence-corrected chi connectivity index (χ1v) is 6.80. The molecule has 1 aliphatic heterocycles. The smallest absolute Gasteiger partial charge is 0.372 e. The molecule has 0 saturated carbocycles. The zero-order valence-electron chi connectivity index (χ0n) is 12.2. The molecule has 1 N–H and O–H groups in total. The molecule has 1 fully saturated rings. The first-order chi connectivity index (χ1) is 9.43. The lowest BCUT2D eigenvalue weighted by atomic mass is 10.1. The Morgan fingerprint density at radius 1 is 1.45 bits per heavy atom. The predicted molar refractivity (Wildman–Crippen MR) is 76.3 cm³/mol. The van der Waals surface area contributed by atoms with Crippen molar-refractivity contribution in [2.75, 3.05) is 13.6 Å². The Morgan fingerprint density at radius 3 is 2.50 bits per heavy atom. The van der Waals surface area contributed by atoms with Gasteiger partial charge < -0.3 is 5.11 Å². The number of Topliss-reactive ketones (excluding diaryl/α,β-unsaturated/α-hetero) is 1. The van der Waals surface area contributed by atoms with E-state index in [4.69, 9.17) is 5.11 Å². The maximum absolute atomic E-state index is 10.2. The number of carbonyl (C=O) groups is 2. The standard InChI is InChI=1S/C10H14N2.C5H8O3/c1-12-7-3-5-10(12)9-4-2-6-11-8-9;1-3(2)4(6)5(7)8/h2,4,6,8,10H,3,5,7H2,1H3;3H,1-2H3,(H,7,8)/t10-;/m0./s1. The zero-order valence-corrected chi connectivity index (χ0v) is 12.2. The number of carboxylic acids is 1. The Kier molecular flexibility index (Phi) is 6.31. The largest absolute Gasteiger partial charge is 0.475 e. The molecule has 20 heavy (non-hydrogen) atoms. The van der Waals surface area contributed by atoms with E-state index in [-0.39, 0.29) is 0 Å². The van der Waals surface area contributed by atoms with Gasteiger partial charge in [0.2, 0.25) is 5.78 Å². The lowest BCUT2D eigenvalue weighted by Gasteiger charge is -2.18. The molecular formula is C15H22N2O3. The Labute approximate surface area is 119 Å². The molecule has 1 aromatic rings. The van der Waals surface area contributed by atoms with Crippen LogP contribution < -0.4 is 0 Å². The SMILES string of the molecule is CC(C)C(=O)C(=O)O.CN1CCC[C@H]1c1cccnc1. The van der Waals surface area contributed by atoms with Crippen molar-refractivity contribution in [2.45, 2.75) is 32.7 Å². The maximum atomic E-state index is 10.2. The minimum Gasteiger partial charge on any atom is -0.475 e. The highest BCUT2D eigenvalue weighted by molar-refractivity contribution is 6.33. The van der Waals surface area contributed by atoms with Crippen molar-refractivity contribution in [3.8, 4) is 0 Å². The maximum Gasteiger partial charge on any atom is 0.372 e. The van der Waals surface area contributed by atoms with Gasteiger partial charge in [-0.25, -0.2) is 4.79 Å². The fourth-order valence-electron chi connectivity index (χ4n) is 2.15. The van der Waals surface area contributed by atoms with Gasteiger partial charge in [-0.1, -0.05) is 19.9 Å². The van der Waals surface area contributed by atoms with Crippen molar-refractivity contribution >= 4 is 11.8 Å². The molecule has 2 heterocycles. The van der Waals surface area contributed by atoms with Crippen LogP contribution >= 0.6 is 0 Å². The van der Waals surface area contributed by atoms with Crippen LogP contribution in [-0.4, -0.2) is 40.3 Å². The van der Waals surface area contributed by atoms with Crippen LogP contribution in [0, 0.1) is 5.92 Å². The average Bonchev–Trinajstić information content (AvgIpc) is 2.85. The molecule has 110 valence electrons. The van der Waals surface area contributed by atoms with E-state index in [0.29, 0.717) is 6.04 Å². The molecule has 5 heteroatoms. The molecular weight excluding hydrogens is 256 g/mol. The van der Waals surface area contributed by atoms with Gasteiger partial charge in [0.25, 0.3) is 0 Å². The number of rotatable bonds is 3. The van der Waals surface area contributed by atoms with E-state index < -0.39 is 17.7 Å². The summed E-state index contributed by atoms with van der Waals surface area (Å²) in [6.07, 6.45) is 6.41. The van der Waals surface area contributed by atoms with Crippen LogP contribution in [-0.2, 0) is 9.59 Å². The number of carboxylic acid groups (broad SMARTS) is 1. The van der Waals surface area contributed by atoms with Crippen LogP contribution in [0.4, 0.5) is 0 Å². The van der Waals surface area contributed by atoms with Gasteiger partial charge >= 0.3 is 5.97 Å². The van der Waals surface area contributed by atoms with Gasteiger partial charge in [0.05, 0.1) is 0 Å². The number of aliphatic carboxylic acids is 1. The number of likely N-dealkylation sites (tertiary alicyclic amines) is 1. The molecule has 1 aliphatic rings. The fourth-order valence-corrected chi connectivity index (χ4v) is 2.15. The Bertz CT molecular complexity index is 446. The van der Waals surface area contributed by atoms with Crippen LogP contribution in [0.25, 0.3) is 0 Å². The molecule has 1 saturated heterocycles. The molecule has 5 nitrogen and oxygen atoms in total. The third-order valence-electron chi connectivity index (χ3n) is 3.32. The second-order valence-electron chi connectivity index (χ2n) is 5.25. The monoisotopic (exact) mass is 278 g/mol. The van der Waals surface area contributed by atoms with Gasteiger partial charge in [-0.15, -0.1) is 0 Å². The first kappa shape index (κ1) is 16.3. The number of hydrogen-bond donors (Lipinski definition) is 1. The van der Waals surface area contributed by atoms with Gasteiger partial charge in [0, 0.05) is 24.4 Å². The van der Waals surface area contributed by atoms with Gasteiger partial charge in [0.15, 0.2) is 0 Å². The highest BCUT2D eigenvalue weighted by Crippen LogP contribution is 2.29. The Morgan fingerprint density at radius 2 is 2.15 bits per heavy atom. The molecule has 0 radical (unpaired) electrons. The summed E-state index contributed by atoms with van der Waals surface area (Å²) in [6.45, 7) is 4.33. The molecule has 1 atom stereocenters. The Hall–Kier alpha value is -1.75. The summed E-state index contributed by atoms with van der Waals surface area (Å²) in [5.74, 6) is -2.47. The Balaban J connectivity index is 0.000000221. The van der Waals surface area contributed by atoms with Crippen molar-refractivity contribution in [1.82, 2.24) is 9.88 Å². The van der Waals surface area contributed by atoms with Crippen LogP contribution in [0.15, 0.2) is 24.5 Å². The predicted octanol–water partition coefficient (Wildman–Crippen LogP) is 2.14. The number of ketones is 1. The van der Waals surface area contributed by atoms with Crippen LogP contribution in [0.3, 0.4) is 0 Å². The topological polar surface area (TPSA) is 70.5 Å². The summed E-state index contributed by atoms with van der Waals surface area (Å²) >= 11 is 0. The van der Waals surface area contributed by atoms with Crippen molar-refractivity contribution in [3.63, 3.8) is 0 Å². The third-order valence-corrected chi connectivity index (χ3v) is 3.32. The highest BCUT2D eigenvalue weighted by atomic mass is 16.4. The number of pyridine rings is 1. The van der Waals surface area contributed by atoms with Gasteiger partial charge in [-0.05, 0) is 38.1 Å². The summed E-state index contributed by atoms with van der Waals surface area (Å²) in [7, 11) is 2.19. The number of hydrogen-bond acceptors (Lipinski definition) is 4. The quantitative estimate of drug-likeness (QED) is 0.858. The first-order valence-electron chi connectivity index (χ1n) is 6.80. The van der Waals surface area contributed by atoms with Crippen molar-refractivity contribution in [1.29, 1.82) is 0 Å². The highest BCUT2D eigenvalue weighted by Gasteiger charge is 2.21. The normalized spacial score (nSPS) is 18.5. The lowest BCUT2D eigenvalue weighted by molar-refractivity contribution is -0.150. The average molecular weight is 278 g/mol. The minimum atomic E-state index is -1.35. The lowest BCUT2D eigenvalue weighted by Crippen LogP contribution is -2.18. The second kappa shape index (κ2) is 7.75. The molecule has 0 spiro atoms. The van der Waals surface area contributed by atoms with Gasteiger partial charge in [0.1, 0.15) is 0 Å². The van der Waals surface area contributed by atoms with E-state index in [1.807, 2.05) is 18.5 Å². The van der Waals surface area contributed by atoms with Crippen LogP contribution in [0.2, 0.25) is 0 Å². The number of aromatic nitrogens is 1. The van der Waals surface area contributed by atoms with E-state index >= 15 is 0 Å². The van der Waals surface area contributed by atoms with E-state index in [0.717, 1.165) is 0 Å². The van der Waals surface area contributed by atoms with Crippen LogP contribution in [0.5, 0.6) is 0 Å². The summed E-state index contributed by atoms with van der Waals surface area (Å²) < 4.78 is 0.